The van der Waals surface area contributed by atoms with E-state index in [9.17, 15) is 0 Å². The summed E-state index contributed by atoms with van der Waals surface area (Å²) in [4.78, 5) is 7.03. The fourth-order valence-corrected chi connectivity index (χ4v) is 3.36. The molecule has 0 radical (unpaired) electrons. The van der Waals surface area contributed by atoms with Crippen molar-refractivity contribution in [2.75, 3.05) is 24.6 Å². The van der Waals surface area contributed by atoms with Crippen LogP contribution in [0.4, 0.5) is 0 Å². The van der Waals surface area contributed by atoms with Gasteiger partial charge in [-0.1, -0.05) is 6.07 Å². The molecule has 96 valence electrons. The van der Waals surface area contributed by atoms with Crippen molar-refractivity contribution in [3.05, 3.63) is 35.8 Å². The van der Waals surface area contributed by atoms with Crippen LogP contribution in [-0.4, -0.2) is 38.9 Å². The molecule has 0 aliphatic carbocycles. The number of hydrogen-bond acceptors (Lipinski definition) is 3. The Balaban J connectivity index is 1.83. The Morgan fingerprint density at radius 1 is 1.28 bits per heavy atom. The van der Waals surface area contributed by atoms with Gasteiger partial charge in [0.05, 0.1) is 11.9 Å². The highest BCUT2D eigenvalue weighted by molar-refractivity contribution is 7.99. The standard InChI is InChI=1S/C14H19N3S/c1-12-3-4-14-15-9-13(17(14)10-12)11-16-5-2-7-18-8-6-16/h3-4,9-10H,2,5-8,11H2,1H3. The molecular formula is C14H19N3S. The van der Waals surface area contributed by atoms with Gasteiger partial charge in [0.15, 0.2) is 0 Å². The summed E-state index contributed by atoms with van der Waals surface area (Å²) in [5.41, 5.74) is 3.65. The third-order valence-corrected chi connectivity index (χ3v) is 4.48. The lowest BCUT2D eigenvalue weighted by Gasteiger charge is -2.18. The van der Waals surface area contributed by atoms with Crippen molar-refractivity contribution in [3.8, 4) is 0 Å². The number of imidazole rings is 1. The second-order valence-electron chi connectivity index (χ2n) is 4.93. The molecule has 2 aromatic heterocycles. The highest BCUT2D eigenvalue weighted by Crippen LogP contribution is 2.15. The molecule has 0 amide bonds. The van der Waals surface area contributed by atoms with E-state index >= 15 is 0 Å². The van der Waals surface area contributed by atoms with Crippen LogP contribution in [0.5, 0.6) is 0 Å². The summed E-state index contributed by atoms with van der Waals surface area (Å²) >= 11 is 2.07. The van der Waals surface area contributed by atoms with Gasteiger partial charge >= 0.3 is 0 Å². The van der Waals surface area contributed by atoms with E-state index in [2.05, 4.69) is 51.3 Å². The van der Waals surface area contributed by atoms with Gasteiger partial charge in [0.1, 0.15) is 5.65 Å². The average Bonchev–Trinajstić information content (AvgIpc) is 2.60. The largest absolute Gasteiger partial charge is 0.303 e. The number of pyridine rings is 1. The Kier molecular flexibility index (Phi) is 3.57. The van der Waals surface area contributed by atoms with E-state index in [1.54, 1.807) is 0 Å². The normalized spacial score (nSPS) is 18.1. The summed E-state index contributed by atoms with van der Waals surface area (Å²) in [5, 5.41) is 0. The Labute approximate surface area is 112 Å². The maximum atomic E-state index is 4.48. The van der Waals surface area contributed by atoms with Gasteiger partial charge in [-0.2, -0.15) is 11.8 Å². The van der Waals surface area contributed by atoms with E-state index < -0.39 is 0 Å². The summed E-state index contributed by atoms with van der Waals surface area (Å²) in [6.07, 6.45) is 5.51. The smallest absolute Gasteiger partial charge is 0.136 e. The fourth-order valence-electron chi connectivity index (χ4n) is 2.44. The predicted molar refractivity (Wildman–Crippen MR) is 77.1 cm³/mol. The molecule has 0 unspecified atom stereocenters. The van der Waals surface area contributed by atoms with Crippen molar-refractivity contribution >= 4 is 17.4 Å². The lowest BCUT2D eigenvalue weighted by molar-refractivity contribution is 0.283. The van der Waals surface area contributed by atoms with Crippen molar-refractivity contribution in [1.82, 2.24) is 14.3 Å². The first-order valence-electron chi connectivity index (χ1n) is 6.55. The van der Waals surface area contributed by atoms with Crippen molar-refractivity contribution in [2.24, 2.45) is 0 Å². The van der Waals surface area contributed by atoms with Crippen molar-refractivity contribution in [3.63, 3.8) is 0 Å². The molecule has 1 saturated heterocycles. The van der Waals surface area contributed by atoms with Gasteiger partial charge in [-0.15, -0.1) is 0 Å². The molecule has 0 N–H and O–H groups in total. The van der Waals surface area contributed by atoms with Gasteiger partial charge < -0.3 is 4.40 Å². The van der Waals surface area contributed by atoms with Gasteiger partial charge in [0, 0.05) is 25.0 Å². The van der Waals surface area contributed by atoms with Crippen LogP contribution in [0.25, 0.3) is 5.65 Å². The van der Waals surface area contributed by atoms with Gasteiger partial charge in [0.2, 0.25) is 0 Å². The van der Waals surface area contributed by atoms with Gasteiger partial charge in [-0.25, -0.2) is 4.98 Å². The molecule has 0 bridgehead atoms. The zero-order valence-electron chi connectivity index (χ0n) is 10.8. The van der Waals surface area contributed by atoms with E-state index in [4.69, 9.17) is 0 Å². The van der Waals surface area contributed by atoms with E-state index in [-0.39, 0.29) is 0 Å². The van der Waals surface area contributed by atoms with Crippen LogP contribution >= 0.6 is 11.8 Å². The molecule has 0 aromatic carbocycles. The van der Waals surface area contributed by atoms with Crippen molar-refractivity contribution in [1.29, 1.82) is 0 Å². The summed E-state index contributed by atoms with van der Waals surface area (Å²) in [6.45, 7) is 5.56. The Morgan fingerprint density at radius 3 is 3.17 bits per heavy atom. The van der Waals surface area contributed by atoms with Gasteiger partial charge in [0.25, 0.3) is 0 Å². The molecule has 3 heterocycles. The second kappa shape index (κ2) is 5.33. The quantitative estimate of drug-likeness (QED) is 0.829. The number of thioether (sulfide) groups is 1. The number of aryl methyl sites for hydroxylation is 1. The van der Waals surface area contributed by atoms with E-state index in [1.807, 2.05) is 6.20 Å². The van der Waals surface area contributed by atoms with Gasteiger partial charge in [-0.05, 0) is 37.3 Å². The highest BCUT2D eigenvalue weighted by atomic mass is 32.2. The molecule has 18 heavy (non-hydrogen) atoms. The SMILES string of the molecule is Cc1ccc2ncc(CN3CCCSCC3)n2c1. The zero-order valence-corrected chi connectivity index (χ0v) is 11.6. The lowest BCUT2D eigenvalue weighted by Crippen LogP contribution is -2.26. The summed E-state index contributed by atoms with van der Waals surface area (Å²) < 4.78 is 2.23. The molecule has 3 rings (SSSR count). The minimum absolute atomic E-state index is 1.02. The van der Waals surface area contributed by atoms with Crippen LogP contribution in [0.2, 0.25) is 0 Å². The Bertz CT molecular complexity index is 527. The highest BCUT2D eigenvalue weighted by Gasteiger charge is 2.12. The van der Waals surface area contributed by atoms with Crippen LogP contribution in [0, 0.1) is 6.92 Å². The minimum atomic E-state index is 1.02. The Hall–Kier alpha value is -1.00. The van der Waals surface area contributed by atoms with Crippen molar-refractivity contribution in [2.45, 2.75) is 19.9 Å². The lowest BCUT2D eigenvalue weighted by atomic mass is 10.3. The first kappa shape index (κ1) is 12.1. The third-order valence-electron chi connectivity index (χ3n) is 3.43. The molecule has 2 aromatic rings. The molecule has 1 fully saturated rings. The molecular weight excluding hydrogens is 242 g/mol. The first-order valence-corrected chi connectivity index (χ1v) is 7.71. The molecule has 1 aliphatic heterocycles. The molecule has 1 aliphatic rings. The fraction of sp³-hybridized carbons (Fsp3) is 0.500. The van der Waals surface area contributed by atoms with Crippen LogP contribution in [0.15, 0.2) is 24.5 Å². The minimum Gasteiger partial charge on any atom is -0.303 e. The van der Waals surface area contributed by atoms with E-state index in [0.29, 0.717) is 0 Å². The number of nitrogens with zero attached hydrogens (tertiary/aromatic N) is 3. The summed E-state index contributed by atoms with van der Waals surface area (Å²) in [5.74, 6) is 2.57. The van der Waals surface area contributed by atoms with E-state index in [1.165, 1.54) is 42.3 Å². The summed E-state index contributed by atoms with van der Waals surface area (Å²) in [7, 11) is 0. The monoisotopic (exact) mass is 261 g/mol. The van der Waals surface area contributed by atoms with Crippen molar-refractivity contribution < 1.29 is 0 Å². The first-order chi connectivity index (χ1) is 8.83. The number of fused-ring (bicyclic) bond motifs is 1. The average molecular weight is 261 g/mol. The molecule has 0 atom stereocenters. The van der Waals surface area contributed by atoms with Crippen LogP contribution in [-0.2, 0) is 6.54 Å². The van der Waals surface area contributed by atoms with Crippen LogP contribution in [0.3, 0.4) is 0 Å². The molecule has 0 spiro atoms. The van der Waals surface area contributed by atoms with Crippen LogP contribution < -0.4 is 0 Å². The van der Waals surface area contributed by atoms with Gasteiger partial charge in [-0.3, -0.25) is 4.90 Å². The topological polar surface area (TPSA) is 20.5 Å². The Morgan fingerprint density at radius 2 is 2.22 bits per heavy atom. The third kappa shape index (κ3) is 2.54. The number of hydrogen-bond donors (Lipinski definition) is 0. The molecule has 4 heteroatoms. The predicted octanol–water partition coefficient (Wildman–Crippen LogP) is 2.58. The van der Waals surface area contributed by atoms with Crippen LogP contribution in [0.1, 0.15) is 17.7 Å². The number of rotatable bonds is 2. The maximum absolute atomic E-state index is 4.48. The second-order valence-corrected chi connectivity index (χ2v) is 6.15. The maximum Gasteiger partial charge on any atom is 0.136 e. The zero-order chi connectivity index (χ0) is 12.4. The number of aromatic nitrogens is 2. The molecule has 0 saturated carbocycles. The molecule has 3 nitrogen and oxygen atoms in total. The summed E-state index contributed by atoms with van der Waals surface area (Å²) in [6, 6.07) is 4.21. The van der Waals surface area contributed by atoms with E-state index in [0.717, 1.165) is 12.2 Å².